The van der Waals surface area contributed by atoms with Crippen molar-refractivity contribution >= 4 is 6.08 Å². The molecule has 1 unspecified atom stereocenters. The summed E-state index contributed by atoms with van der Waals surface area (Å²) in [5, 5.41) is 30.4. The predicted octanol–water partition coefficient (Wildman–Crippen LogP) is 5.82. The molecular weight excluding hydrogens is 396 g/mol. The Morgan fingerprint density at radius 1 is 1.09 bits per heavy atom. The van der Waals surface area contributed by atoms with Crippen LogP contribution in [-0.4, -0.2) is 27.5 Å². The third kappa shape index (κ3) is 4.57. The van der Waals surface area contributed by atoms with Crippen LogP contribution in [0.1, 0.15) is 76.8 Å². The van der Waals surface area contributed by atoms with Crippen molar-refractivity contribution in [2.24, 2.45) is 11.3 Å². The minimum absolute atomic E-state index is 0.181. The summed E-state index contributed by atoms with van der Waals surface area (Å²) in [6.45, 7) is 10.1. The number of benzene rings is 1. The maximum absolute atomic E-state index is 10.2. The molecule has 0 amide bonds. The monoisotopic (exact) mass is 434 g/mol. The average Bonchev–Trinajstić information content (AvgIpc) is 3.06. The van der Waals surface area contributed by atoms with Crippen molar-refractivity contribution in [2.75, 3.05) is 0 Å². The van der Waals surface area contributed by atoms with Crippen molar-refractivity contribution in [1.29, 1.82) is 0 Å². The van der Waals surface area contributed by atoms with Gasteiger partial charge < -0.3 is 15.3 Å². The van der Waals surface area contributed by atoms with Crippen molar-refractivity contribution in [3.8, 4) is 0 Å². The Balaban J connectivity index is 1.57. The SMILES string of the molecule is C=C1/C(=C/C=C2/CCC[C@]3(C)/C(=C/c4ccc(C(C)(C)O)cc4)CCC23)C[C@@H](O)C[C@@H]1O. The molecule has 0 radical (unpaired) electrons. The lowest BCUT2D eigenvalue weighted by Gasteiger charge is -2.39. The second-order valence-corrected chi connectivity index (χ2v) is 10.8. The average molecular weight is 435 g/mol. The van der Waals surface area contributed by atoms with Gasteiger partial charge in [0, 0.05) is 6.42 Å². The molecule has 3 aliphatic carbocycles. The van der Waals surface area contributed by atoms with E-state index in [1.807, 2.05) is 26.0 Å². The molecule has 0 bridgehead atoms. The van der Waals surface area contributed by atoms with E-state index >= 15 is 0 Å². The van der Waals surface area contributed by atoms with Gasteiger partial charge in [0.25, 0.3) is 0 Å². The van der Waals surface area contributed by atoms with E-state index in [0.717, 1.165) is 29.6 Å². The zero-order chi connectivity index (χ0) is 23.1. The molecule has 3 heteroatoms. The maximum atomic E-state index is 10.2. The van der Waals surface area contributed by atoms with Gasteiger partial charge in [-0.25, -0.2) is 0 Å². The van der Waals surface area contributed by atoms with Crippen LogP contribution in [0, 0.1) is 11.3 Å². The maximum Gasteiger partial charge on any atom is 0.0840 e. The lowest BCUT2D eigenvalue weighted by Crippen LogP contribution is -2.29. The van der Waals surface area contributed by atoms with Crippen LogP contribution in [-0.2, 0) is 5.60 Å². The first-order valence-corrected chi connectivity index (χ1v) is 12.1. The topological polar surface area (TPSA) is 60.7 Å². The van der Waals surface area contributed by atoms with Gasteiger partial charge in [0.1, 0.15) is 0 Å². The fraction of sp³-hybridized carbons (Fsp3) is 0.517. The highest BCUT2D eigenvalue weighted by Gasteiger charge is 2.45. The molecule has 0 spiro atoms. The predicted molar refractivity (Wildman–Crippen MR) is 131 cm³/mol. The molecular formula is C29H38O3. The van der Waals surface area contributed by atoms with Gasteiger partial charge in [-0.15, -0.1) is 0 Å². The van der Waals surface area contributed by atoms with E-state index in [9.17, 15) is 15.3 Å². The summed E-state index contributed by atoms with van der Waals surface area (Å²) in [6, 6.07) is 8.29. The number of fused-ring (bicyclic) bond motifs is 1. The van der Waals surface area contributed by atoms with Crippen molar-refractivity contribution in [3.05, 3.63) is 76.4 Å². The smallest absolute Gasteiger partial charge is 0.0840 e. The van der Waals surface area contributed by atoms with Gasteiger partial charge in [-0.05, 0) is 86.0 Å². The summed E-state index contributed by atoms with van der Waals surface area (Å²) >= 11 is 0. The highest BCUT2D eigenvalue weighted by Crippen LogP contribution is 2.57. The largest absolute Gasteiger partial charge is 0.393 e. The molecule has 32 heavy (non-hydrogen) atoms. The standard InChI is InChI=1S/C29H38O3/c1-19-22(17-25(30)18-27(19)31)10-9-21-6-5-15-29(4)24(13-14-26(21)29)16-20-7-11-23(12-8-20)28(2,3)32/h7-12,16,25-27,30-32H,1,5-6,13-15,17-18H2,2-4H3/b21-9-,22-10+,24-16+/t25-,26?,27+,29-/m1/s1. The molecule has 1 aromatic carbocycles. The zero-order valence-corrected chi connectivity index (χ0v) is 19.8. The Morgan fingerprint density at radius 2 is 1.81 bits per heavy atom. The number of rotatable bonds is 3. The molecule has 0 heterocycles. The Bertz CT molecular complexity index is 957. The summed E-state index contributed by atoms with van der Waals surface area (Å²) in [6.07, 6.45) is 12.4. The molecule has 0 aliphatic heterocycles. The van der Waals surface area contributed by atoms with Crippen molar-refractivity contribution in [1.82, 2.24) is 0 Å². The Hall–Kier alpha value is -1.94. The third-order valence-electron chi connectivity index (χ3n) is 8.04. The fourth-order valence-corrected chi connectivity index (χ4v) is 5.98. The first-order valence-electron chi connectivity index (χ1n) is 12.1. The van der Waals surface area contributed by atoms with Gasteiger partial charge in [-0.2, -0.15) is 0 Å². The lowest BCUT2D eigenvalue weighted by molar-refractivity contribution is 0.0785. The van der Waals surface area contributed by atoms with Gasteiger partial charge >= 0.3 is 0 Å². The quantitative estimate of drug-likeness (QED) is 0.561. The number of hydrogen-bond acceptors (Lipinski definition) is 3. The highest BCUT2D eigenvalue weighted by molar-refractivity contribution is 5.57. The van der Waals surface area contributed by atoms with E-state index < -0.39 is 17.8 Å². The summed E-state index contributed by atoms with van der Waals surface area (Å²) in [7, 11) is 0. The number of aliphatic hydroxyl groups excluding tert-OH is 2. The van der Waals surface area contributed by atoms with Gasteiger partial charge in [-0.3, -0.25) is 0 Å². The van der Waals surface area contributed by atoms with E-state index in [1.165, 1.54) is 36.0 Å². The van der Waals surface area contributed by atoms with Gasteiger partial charge in [-0.1, -0.05) is 67.1 Å². The van der Waals surface area contributed by atoms with Crippen molar-refractivity contribution in [3.63, 3.8) is 0 Å². The van der Waals surface area contributed by atoms with E-state index in [0.29, 0.717) is 18.8 Å². The van der Waals surface area contributed by atoms with Crippen LogP contribution < -0.4 is 0 Å². The Labute approximate surface area is 192 Å². The summed E-state index contributed by atoms with van der Waals surface area (Å²) in [5.41, 5.74) is 6.27. The molecule has 3 aliphatic rings. The second kappa shape index (κ2) is 8.78. The van der Waals surface area contributed by atoms with E-state index in [1.54, 1.807) is 0 Å². The van der Waals surface area contributed by atoms with Crippen LogP contribution in [0.15, 0.2) is 65.3 Å². The van der Waals surface area contributed by atoms with Crippen LogP contribution in [0.3, 0.4) is 0 Å². The van der Waals surface area contributed by atoms with E-state index in [-0.39, 0.29) is 5.41 Å². The van der Waals surface area contributed by atoms with Crippen LogP contribution in [0.4, 0.5) is 0 Å². The first-order chi connectivity index (χ1) is 15.1. The molecule has 4 rings (SSSR count). The normalized spacial score (nSPS) is 35.0. The van der Waals surface area contributed by atoms with E-state index in [4.69, 9.17) is 0 Å². The molecule has 3 nitrogen and oxygen atoms in total. The van der Waals surface area contributed by atoms with Gasteiger partial charge in [0.2, 0.25) is 0 Å². The second-order valence-electron chi connectivity index (χ2n) is 10.8. The van der Waals surface area contributed by atoms with Gasteiger partial charge in [0.15, 0.2) is 0 Å². The molecule has 4 atom stereocenters. The van der Waals surface area contributed by atoms with E-state index in [2.05, 4.69) is 43.9 Å². The van der Waals surface area contributed by atoms with Crippen LogP contribution in [0.2, 0.25) is 0 Å². The molecule has 0 aromatic heterocycles. The Morgan fingerprint density at radius 3 is 2.50 bits per heavy atom. The number of allylic oxidation sites excluding steroid dienone is 4. The van der Waals surface area contributed by atoms with Crippen molar-refractivity contribution in [2.45, 2.75) is 83.5 Å². The number of hydrogen-bond donors (Lipinski definition) is 3. The fourth-order valence-electron chi connectivity index (χ4n) is 5.98. The summed E-state index contributed by atoms with van der Waals surface area (Å²) < 4.78 is 0. The molecule has 0 saturated heterocycles. The molecule has 172 valence electrons. The minimum Gasteiger partial charge on any atom is -0.393 e. The number of aliphatic hydroxyl groups is 3. The first kappa shape index (κ1) is 23.2. The third-order valence-corrected chi connectivity index (χ3v) is 8.04. The molecule has 3 N–H and O–H groups in total. The van der Waals surface area contributed by atoms with Crippen molar-refractivity contribution < 1.29 is 15.3 Å². The zero-order valence-electron chi connectivity index (χ0n) is 19.8. The molecule has 3 saturated carbocycles. The summed E-state index contributed by atoms with van der Waals surface area (Å²) in [4.78, 5) is 0. The van der Waals surface area contributed by atoms with Gasteiger partial charge in [0.05, 0.1) is 17.8 Å². The lowest BCUT2D eigenvalue weighted by atomic mass is 9.65. The van der Waals surface area contributed by atoms with Crippen LogP contribution in [0.25, 0.3) is 6.08 Å². The van der Waals surface area contributed by atoms with Crippen LogP contribution >= 0.6 is 0 Å². The van der Waals surface area contributed by atoms with Crippen LogP contribution in [0.5, 0.6) is 0 Å². The Kier molecular flexibility index (Phi) is 6.37. The minimum atomic E-state index is -0.816. The molecule has 1 aromatic rings. The highest BCUT2D eigenvalue weighted by atomic mass is 16.3. The summed E-state index contributed by atoms with van der Waals surface area (Å²) in [5.74, 6) is 0.543. The molecule has 3 fully saturated rings.